The first-order chi connectivity index (χ1) is 10.2. The molecule has 2 unspecified atom stereocenters. The molecule has 0 aromatic carbocycles. The van der Waals surface area contributed by atoms with E-state index >= 15 is 0 Å². The first-order valence-corrected chi connectivity index (χ1v) is 7.49. The van der Waals surface area contributed by atoms with Gasteiger partial charge in [-0.15, -0.1) is 0 Å². The molecule has 7 heteroatoms. The highest BCUT2D eigenvalue weighted by Gasteiger charge is 2.30. The Morgan fingerprint density at radius 1 is 1.57 bits per heavy atom. The average Bonchev–Trinajstić information content (AvgIpc) is 2.90. The number of hydrogen-bond donors (Lipinski definition) is 2. The third-order valence-electron chi connectivity index (χ3n) is 3.88. The summed E-state index contributed by atoms with van der Waals surface area (Å²) in [7, 11) is 5.75. The number of hydrogen-bond acceptors (Lipinski definition) is 6. The molecule has 0 aliphatic carbocycles. The number of hydrazine groups is 1. The van der Waals surface area contributed by atoms with Gasteiger partial charge >= 0.3 is 0 Å². The predicted molar refractivity (Wildman–Crippen MR) is 81.0 cm³/mol. The SMILES string of the molecule is COc1cnn(CCN(C)C)c1C(NN)C1CCCCO1. The summed E-state index contributed by atoms with van der Waals surface area (Å²) < 4.78 is 13.3. The summed E-state index contributed by atoms with van der Waals surface area (Å²) >= 11 is 0. The van der Waals surface area contributed by atoms with Crippen molar-refractivity contribution in [3.63, 3.8) is 0 Å². The van der Waals surface area contributed by atoms with Crippen LogP contribution in [0.5, 0.6) is 5.75 Å². The van der Waals surface area contributed by atoms with Gasteiger partial charge in [-0.2, -0.15) is 5.10 Å². The van der Waals surface area contributed by atoms with Gasteiger partial charge in [0.25, 0.3) is 0 Å². The molecule has 0 amide bonds. The van der Waals surface area contributed by atoms with Crippen LogP contribution >= 0.6 is 0 Å². The zero-order valence-electron chi connectivity index (χ0n) is 13.2. The largest absolute Gasteiger partial charge is 0.493 e. The fourth-order valence-corrected chi connectivity index (χ4v) is 2.71. The van der Waals surface area contributed by atoms with Gasteiger partial charge < -0.3 is 14.4 Å². The summed E-state index contributed by atoms with van der Waals surface area (Å²) in [4.78, 5) is 2.12. The molecule has 2 heterocycles. The fourth-order valence-electron chi connectivity index (χ4n) is 2.71. The lowest BCUT2D eigenvalue weighted by molar-refractivity contribution is -0.0106. The van der Waals surface area contributed by atoms with Gasteiger partial charge in [0, 0.05) is 13.2 Å². The maximum atomic E-state index is 5.89. The number of ether oxygens (including phenoxy) is 2. The van der Waals surface area contributed by atoms with Crippen LogP contribution in [0.15, 0.2) is 6.20 Å². The Hall–Kier alpha value is -1.15. The smallest absolute Gasteiger partial charge is 0.161 e. The predicted octanol–water partition coefficient (Wildman–Crippen LogP) is 0.527. The van der Waals surface area contributed by atoms with Crippen LogP contribution < -0.4 is 16.0 Å². The van der Waals surface area contributed by atoms with Crippen LogP contribution in [-0.2, 0) is 11.3 Å². The molecular weight excluding hydrogens is 270 g/mol. The molecule has 21 heavy (non-hydrogen) atoms. The normalized spacial score (nSPS) is 20.7. The molecule has 1 aliphatic heterocycles. The molecule has 7 nitrogen and oxygen atoms in total. The molecular formula is C14H27N5O2. The number of likely N-dealkylation sites (N-methyl/N-ethyl adjacent to an activating group) is 1. The zero-order chi connectivity index (χ0) is 15.2. The Balaban J connectivity index is 2.22. The summed E-state index contributed by atoms with van der Waals surface area (Å²) in [6, 6.07) is -0.107. The van der Waals surface area contributed by atoms with Crippen LogP contribution in [0.3, 0.4) is 0 Å². The van der Waals surface area contributed by atoms with Gasteiger partial charge in [0.05, 0.1) is 32.0 Å². The molecule has 2 rings (SSSR count). The van der Waals surface area contributed by atoms with Gasteiger partial charge in [0.1, 0.15) is 5.69 Å². The summed E-state index contributed by atoms with van der Waals surface area (Å²) in [6.45, 7) is 2.48. The Kier molecular flexibility index (Phi) is 5.98. The van der Waals surface area contributed by atoms with E-state index in [1.54, 1.807) is 13.3 Å². The van der Waals surface area contributed by atoms with Crippen molar-refractivity contribution in [1.82, 2.24) is 20.1 Å². The number of nitrogens with two attached hydrogens (primary N) is 1. The second-order valence-electron chi connectivity index (χ2n) is 5.67. The second-order valence-corrected chi connectivity index (χ2v) is 5.67. The van der Waals surface area contributed by atoms with Crippen molar-refractivity contribution >= 4 is 0 Å². The van der Waals surface area contributed by atoms with Gasteiger partial charge in [0.2, 0.25) is 0 Å². The van der Waals surface area contributed by atoms with Gasteiger partial charge in [0.15, 0.2) is 5.75 Å². The van der Waals surface area contributed by atoms with E-state index in [0.717, 1.165) is 50.4 Å². The van der Waals surface area contributed by atoms with E-state index in [2.05, 4.69) is 15.4 Å². The van der Waals surface area contributed by atoms with E-state index in [-0.39, 0.29) is 12.1 Å². The van der Waals surface area contributed by atoms with Crippen molar-refractivity contribution in [2.45, 2.75) is 38.0 Å². The highest BCUT2D eigenvalue weighted by molar-refractivity contribution is 5.29. The molecule has 1 fully saturated rings. The van der Waals surface area contributed by atoms with E-state index in [0.29, 0.717) is 0 Å². The molecule has 0 saturated carbocycles. The van der Waals surface area contributed by atoms with Crippen LogP contribution in [0, 0.1) is 0 Å². The highest BCUT2D eigenvalue weighted by Crippen LogP contribution is 2.31. The third-order valence-corrected chi connectivity index (χ3v) is 3.88. The molecule has 120 valence electrons. The van der Waals surface area contributed by atoms with Crippen molar-refractivity contribution < 1.29 is 9.47 Å². The maximum absolute atomic E-state index is 5.89. The highest BCUT2D eigenvalue weighted by atomic mass is 16.5. The molecule has 1 aromatic rings. The standard InChI is InChI=1S/C14H27N5O2/c1-18(2)7-8-19-14(12(20-3)10-16-19)13(17-15)11-6-4-5-9-21-11/h10-11,13,17H,4-9,15H2,1-3H3. The molecule has 0 radical (unpaired) electrons. The topological polar surface area (TPSA) is 77.6 Å². The Morgan fingerprint density at radius 2 is 2.38 bits per heavy atom. The minimum atomic E-state index is -0.107. The van der Waals surface area contributed by atoms with Crippen LogP contribution in [0.4, 0.5) is 0 Å². The van der Waals surface area contributed by atoms with Crippen LogP contribution in [-0.4, -0.2) is 55.1 Å². The van der Waals surface area contributed by atoms with Crippen molar-refractivity contribution in [2.75, 3.05) is 34.4 Å². The van der Waals surface area contributed by atoms with E-state index < -0.39 is 0 Å². The lowest BCUT2D eigenvalue weighted by atomic mass is 9.99. The van der Waals surface area contributed by atoms with E-state index in [4.69, 9.17) is 15.3 Å². The quantitative estimate of drug-likeness (QED) is 0.564. The number of aromatic nitrogens is 2. The fraction of sp³-hybridized carbons (Fsp3) is 0.786. The zero-order valence-corrected chi connectivity index (χ0v) is 13.2. The van der Waals surface area contributed by atoms with Crippen LogP contribution in [0.25, 0.3) is 0 Å². The lowest BCUT2D eigenvalue weighted by Crippen LogP contribution is -2.41. The van der Waals surface area contributed by atoms with Crippen LogP contribution in [0.2, 0.25) is 0 Å². The molecule has 0 bridgehead atoms. The Labute approximate surface area is 126 Å². The Bertz CT molecular complexity index is 429. The summed E-state index contributed by atoms with van der Waals surface area (Å²) in [5.41, 5.74) is 3.86. The van der Waals surface area contributed by atoms with Crippen molar-refractivity contribution in [3.8, 4) is 5.75 Å². The Morgan fingerprint density at radius 3 is 2.95 bits per heavy atom. The van der Waals surface area contributed by atoms with Crippen molar-refractivity contribution in [1.29, 1.82) is 0 Å². The lowest BCUT2D eigenvalue weighted by Gasteiger charge is -2.30. The van der Waals surface area contributed by atoms with Crippen molar-refractivity contribution in [2.24, 2.45) is 5.84 Å². The first-order valence-electron chi connectivity index (χ1n) is 7.49. The second kappa shape index (κ2) is 7.74. The van der Waals surface area contributed by atoms with Gasteiger partial charge in [-0.3, -0.25) is 10.5 Å². The average molecular weight is 297 g/mol. The van der Waals surface area contributed by atoms with Crippen molar-refractivity contribution in [3.05, 3.63) is 11.9 Å². The molecule has 2 atom stereocenters. The minimum absolute atomic E-state index is 0.0625. The first kappa shape index (κ1) is 16.2. The number of nitrogens with zero attached hydrogens (tertiary/aromatic N) is 3. The van der Waals surface area contributed by atoms with E-state index in [1.807, 2.05) is 18.8 Å². The number of nitrogens with one attached hydrogen (secondary N) is 1. The van der Waals surface area contributed by atoms with Gasteiger partial charge in [-0.05, 0) is 33.4 Å². The van der Waals surface area contributed by atoms with E-state index in [9.17, 15) is 0 Å². The van der Waals surface area contributed by atoms with Gasteiger partial charge in [-0.1, -0.05) is 0 Å². The molecule has 0 spiro atoms. The summed E-state index contributed by atoms with van der Waals surface area (Å²) in [6.07, 6.45) is 5.09. The molecule has 1 aromatic heterocycles. The van der Waals surface area contributed by atoms with E-state index in [1.165, 1.54) is 0 Å². The molecule has 1 aliphatic rings. The minimum Gasteiger partial charge on any atom is -0.493 e. The van der Waals surface area contributed by atoms with Gasteiger partial charge in [-0.25, -0.2) is 5.43 Å². The summed E-state index contributed by atoms with van der Waals surface area (Å²) in [5, 5.41) is 4.44. The summed E-state index contributed by atoms with van der Waals surface area (Å²) in [5.74, 6) is 6.56. The molecule has 3 N–H and O–H groups in total. The maximum Gasteiger partial charge on any atom is 0.161 e. The third kappa shape index (κ3) is 3.94. The van der Waals surface area contributed by atoms with Crippen LogP contribution in [0.1, 0.15) is 31.0 Å². The number of methoxy groups -OCH3 is 1. The monoisotopic (exact) mass is 297 g/mol. The number of rotatable bonds is 7. The molecule has 1 saturated heterocycles.